The summed E-state index contributed by atoms with van der Waals surface area (Å²) in [6.07, 6.45) is 84.7. The lowest BCUT2D eigenvalue weighted by Gasteiger charge is -2.23. The summed E-state index contributed by atoms with van der Waals surface area (Å²) in [6.45, 7) is 9.23. The van der Waals surface area contributed by atoms with E-state index in [4.69, 9.17) is 0 Å². The first-order valence-corrected chi connectivity index (χ1v) is 33.2. The Hall–Kier alpha value is -0.330. The maximum Gasteiger partial charge on any atom is 0.139 e. The van der Waals surface area contributed by atoms with Gasteiger partial charge in [-0.15, -0.1) is 0 Å². The van der Waals surface area contributed by atoms with Gasteiger partial charge < -0.3 is 0 Å². The van der Waals surface area contributed by atoms with Crippen molar-refractivity contribution in [3.05, 3.63) is 0 Å². The largest absolute Gasteiger partial charge is 0.299 e. The number of Topliss-reactive ketones (excluding diaryl/α,β-unsaturated/α-hetero) is 1. The SMILES string of the molecule is CCCCCCCCCCCCCCCCCCCCCCCCCCCCC(CCCC)C(=O)C(CCCC)CCCCCCCCCCCCCCCCCCCCCCCCCCCC. The fourth-order valence-corrected chi connectivity index (χ4v) is 11.5. The minimum Gasteiger partial charge on any atom is -0.299 e. The summed E-state index contributed by atoms with van der Waals surface area (Å²) < 4.78 is 0. The number of unbranched alkanes of at least 4 members (excludes halogenated alkanes) is 52. The molecule has 0 heterocycles. The molecule has 0 fully saturated rings. The van der Waals surface area contributed by atoms with Gasteiger partial charge in [0.1, 0.15) is 5.78 Å². The second kappa shape index (κ2) is 61.0. The van der Waals surface area contributed by atoms with Crippen molar-refractivity contribution in [2.45, 2.75) is 413 Å². The molecule has 0 spiro atoms. The smallest absolute Gasteiger partial charge is 0.139 e. The van der Waals surface area contributed by atoms with Crippen molar-refractivity contribution in [3.63, 3.8) is 0 Å². The van der Waals surface area contributed by atoms with Crippen LogP contribution in [0.15, 0.2) is 0 Å². The predicted molar refractivity (Wildman–Crippen MR) is 312 cm³/mol. The van der Waals surface area contributed by atoms with Crippen LogP contribution in [0.2, 0.25) is 0 Å². The summed E-state index contributed by atoms with van der Waals surface area (Å²) in [4.78, 5) is 14.0. The Morgan fingerprint density at radius 1 is 0.176 bits per heavy atom. The maximum atomic E-state index is 14.0. The van der Waals surface area contributed by atoms with Crippen LogP contribution in [0.25, 0.3) is 0 Å². The van der Waals surface area contributed by atoms with E-state index in [0.717, 1.165) is 12.8 Å². The molecule has 2 unspecified atom stereocenters. The lowest BCUT2D eigenvalue weighted by molar-refractivity contribution is -0.127. The second-order valence-corrected chi connectivity index (χ2v) is 23.3. The van der Waals surface area contributed by atoms with Gasteiger partial charge in [-0.3, -0.25) is 4.79 Å². The minimum absolute atomic E-state index is 0.343. The first-order chi connectivity index (χ1) is 33.7. The van der Waals surface area contributed by atoms with Gasteiger partial charge in [-0.05, 0) is 25.7 Å². The molecule has 0 N–H and O–H groups in total. The zero-order valence-electron chi connectivity index (χ0n) is 48.5. The number of hydrogen-bond acceptors (Lipinski definition) is 1. The average molecular weight is 956 g/mol. The van der Waals surface area contributed by atoms with Crippen LogP contribution in [0.4, 0.5) is 0 Å². The van der Waals surface area contributed by atoms with Gasteiger partial charge in [-0.1, -0.05) is 387 Å². The van der Waals surface area contributed by atoms with Gasteiger partial charge >= 0.3 is 0 Å². The fourth-order valence-electron chi connectivity index (χ4n) is 11.5. The van der Waals surface area contributed by atoms with Crippen LogP contribution < -0.4 is 0 Å². The summed E-state index contributed by atoms with van der Waals surface area (Å²) in [5.74, 6) is 1.36. The van der Waals surface area contributed by atoms with Gasteiger partial charge in [-0.2, -0.15) is 0 Å². The Labute approximate surface area is 433 Å². The Morgan fingerprint density at radius 3 is 0.441 bits per heavy atom. The molecule has 0 aromatic carbocycles. The topological polar surface area (TPSA) is 17.1 Å². The first kappa shape index (κ1) is 67.7. The zero-order chi connectivity index (χ0) is 49.2. The number of hydrogen-bond donors (Lipinski definition) is 0. The summed E-state index contributed by atoms with van der Waals surface area (Å²) in [5.41, 5.74) is 0. The standard InChI is InChI=1S/C67H134O/c1-5-9-13-15-17-19-21-23-25-27-29-31-33-35-37-39-41-43-45-47-49-51-53-55-57-59-63-65(61-11-7-3)67(68)66(62-12-8-4)64-60-58-56-54-52-50-48-46-44-42-40-38-36-34-32-30-28-26-24-22-20-18-16-14-10-6-2/h65-66H,5-64H2,1-4H3. The third-order valence-electron chi connectivity index (χ3n) is 16.4. The molecule has 0 aromatic heterocycles. The second-order valence-electron chi connectivity index (χ2n) is 23.3. The van der Waals surface area contributed by atoms with Crippen molar-refractivity contribution in [2.75, 3.05) is 0 Å². The molecule has 1 nitrogen and oxygen atoms in total. The van der Waals surface area contributed by atoms with E-state index < -0.39 is 0 Å². The highest BCUT2D eigenvalue weighted by atomic mass is 16.1. The number of carbonyl (C=O) groups excluding carboxylic acids is 1. The minimum atomic E-state index is 0.343. The Morgan fingerprint density at radius 2 is 0.294 bits per heavy atom. The summed E-state index contributed by atoms with van der Waals surface area (Å²) in [7, 11) is 0. The van der Waals surface area contributed by atoms with Crippen molar-refractivity contribution in [1.29, 1.82) is 0 Å². The van der Waals surface area contributed by atoms with Crippen LogP contribution in [0, 0.1) is 11.8 Å². The first-order valence-electron chi connectivity index (χ1n) is 33.2. The highest BCUT2D eigenvalue weighted by molar-refractivity contribution is 5.83. The van der Waals surface area contributed by atoms with Crippen LogP contribution in [-0.4, -0.2) is 5.78 Å². The van der Waals surface area contributed by atoms with Crippen molar-refractivity contribution in [1.82, 2.24) is 0 Å². The molecule has 0 radical (unpaired) electrons. The third kappa shape index (κ3) is 53.5. The molecule has 1 heteroatoms. The lowest BCUT2D eigenvalue weighted by Crippen LogP contribution is -2.24. The van der Waals surface area contributed by atoms with E-state index in [1.807, 2.05) is 0 Å². The molecule has 2 atom stereocenters. The number of ketones is 1. The van der Waals surface area contributed by atoms with Gasteiger partial charge in [0.15, 0.2) is 0 Å². The van der Waals surface area contributed by atoms with E-state index in [0.29, 0.717) is 17.6 Å². The zero-order valence-corrected chi connectivity index (χ0v) is 48.5. The maximum absolute atomic E-state index is 14.0. The lowest BCUT2D eigenvalue weighted by atomic mass is 9.81. The van der Waals surface area contributed by atoms with E-state index in [1.54, 1.807) is 0 Å². The number of rotatable bonds is 62. The highest BCUT2D eigenvalue weighted by Gasteiger charge is 2.25. The molecule has 0 saturated carbocycles. The van der Waals surface area contributed by atoms with Crippen LogP contribution in [0.3, 0.4) is 0 Å². The normalized spacial score (nSPS) is 12.6. The molecule has 0 amide bonds. The summed E-state index contributed by atoms with van der Waals surface area (Å²) in [5, 5.41) is 0. The Balaban J connectivity index is 3.77. The van der Waals surface area contributed by atoms with Gasteiger partial charge in [-0.25, -0.2) is 0 Å². The van der Waals surface area contributed by atoms with E-state index in [9.17, 15) is 4.79 Å². The molecule has 0 aromatic rings. The molecular weight excluding hydrogens is 821 g/mol. The van der Waals surface area contributed by atoms with E-state index in [-0.39, 0.29) is 0 Å². The van der Waals surface area contributed by atoms with Gasteiger partial charge in [0, 0.05) is 11.8 Å². The van der Waals surface area contributed by atoms with E-state index in [2.05, 4.69) is 27.7 Å². The molecular formula is C67H134O. The van der Waals surface area contributed by atoms with Crippen molar-refractivity contribution >= 4 is 5.78 Å². The van der Waals surface area contributed by atoms with Crippen molar-refractivity contribution < 1.29 is 4.79 Å². The van der Waals surface area contributed by atoms with E-state index >= 15 is 0 Å². The monoisotopic (exact) mass is 955 g/mol. The number of carbonyl (C=O) groups is 1. The molecule has 68 heavy (non-hydrogen) atoms. The van der Waals surface area contributed by atoms with Crippen LogP contribution in [0.5, 0.6) is 0 Å². The van der Waals surface area contributed by atoms with E-state index in [1.165, 1.54) is 372 Å². The highest BCUT2D eigenvalue weighted by Crippen LogP contribution is 2.28. The summed E-state index contributed by atoms with van der Waals surface area (Å²) >= 11 is 0. The predicted octanol–water partition coefficient (Wildman–Crippen LogP) is 25.3. The van der Waals surface area contributed by atoms with Crippen LogP contribution in [-0.2, 0) is 4.79 Å². The average Bonchev–Trinajstić information content (AvgIpc) is 3.35. The van der Waals surface area contributed by atoms with Crippen LogP contribution >= 0.6 is 0 Å². The van der Waals surface area contributed by atoms with Gasteiger partial charge in [0.25, 0.3) is 0 Å². The summed E-state index contributed by atoms with van der Waals surface area (Å²) in [6, 6.07) is 0. The molecule has 0 bridgehead atoms. The Kier molecular flexibility index (Phi) is 60.7. The van der Waals surface area contributed by atoms with Crippen molar-refractivity contribution in [3.8, 4) is 0 Å². The molecule has 0 saturated heterocycles. The molecule has 408 valence electrons. The molecule has 0 rings (SSSR count). The van der Waals surface area contributed by atoms with Gasteiger partial charge in [0.05, 0.1) is 0 Å². The van der Waals surface area contributed by atoms with Gasteiger partial charge in [0.2, 0.25) is 0 Å². The molecule has 0 aliphatic rings. The third-order valence-corrected chi connectivity index (χ3v) is 16.4. The molecule has 0 aliphatic carbocycles. The Bertz CT molecular complexity index is 822. The van der Waals surface area contributed by atoms with Crippen molar-refractivity contribution in [2.24, 2.45) is 11.8 Å². The van der Waals surface area contributed by atoms with Crippen LogP contribution in [0.1, 0.15) is 413 Å². The quantitative estimate of drug-likeness (QED) is 0.0555. The molecule has 0 aliphatic heterocycles. The fraction of sp³-hybridized carbons (Fsp3) is 0.985.